The summed E-state index contributed by atoms with van der Waals surface area (Å²) in [7, 11) is 0. The summed E-state index contributed by atoms with van der Waals surface area (Å²) < 4.78 is 22.6. The molecular formula is C18H16ClN3O7S. The molecule has 158 valence electrons. The third-order valence-electron chi connectivity index (χ3n) is 4.86. The van der Waals surface area contributed by atoms with Crippen molar-refractivity contribution in [3.05, 3.63) is 33.0 Å². The van der Waals surface area contributed by atoms with Gasteiger partial charge in [-0.2, -0.15) is 9.97 Å². The number of fused-ring (bicyclic) bond motifs is 2. The molecular weight excluding hydrogens is 438 g/mol. The number of imidazole rings is 1. The normalized spacial score (nSPS) is 25.5. The van der Waals surface area contributed by atoms with Crippen LogP contribution in [0.5, 0.6) is 11.9 Å². The molecule has 0 aromatic carbocycles. The van der Waals surface area contributed by atoms with E-state index in [2.05, 4.69) is 15.0 Å². The summed E-state index contributed by atoms with van der Waals surface area (Å²) in [5.74, 6) is -0.804. The minimum atomic E-state index is -0.982. The Kier molecular flexibility index (Phi) is 4.99. The fourth-order valence-electron chi connectivity index (χ4n) is 3.44. The van der Waals surface area contributed by atoms with Gasteiger partial charge in [-0.15, -0.1) is 11.3 Å². The SMILES string of the molecule is O=C(O)c1cc(COc2nc3nc(O[C@@H]4CO[C@H]5C4OC[C@H]5O)[nH]c3cc2Cl)cs1. The number of rotatable bonds is 6. The minimum absolute atomic E-state index is 0.123. The highest BCUT2D eigenvalue weighted by molar-refractivity contribution is 7.12. The van der Waals surface area contributed by atoms with Gasteiger partial charge in [-0.25, -0.2) is 4.79 Å². The first-order chi connectivity index (χ1) is 14.5. The van der Waals surface area contributed by atoms with Gasteiger partial charge in [0.1, 0.15) is 34.8 Å². The largest absolute Gasteiger partial charge is 0.477 e. The van der Waals surface area contributed by atoms with Crippen molar-refractivity contribution >= 4 is 40.1 Å². The second-order valence-electron chi connectivity index (χ2n) is 6.92. The van der Waals surface area contributed by atoms with E-state index in [1.807, 2.05) is 0 Å². The number of nitrogens with one attached hydrogen (secondary N) is 1. The Morgan fingerprint density at radius 2 is 2.13 bits per heavy atom. The van der Waals surface area contributed by atoms with Crippen LogP contribution in [0.4, 0.5) is 0 Å². The van der Waals surface area contributed by atoms with E-state index in [4.69, 9.17) is 35.7 Å². The van der Waals surface area contributed by atoms with E-state index in [9.17, 15) is 9.90 Å². The number of aliphatic hydroxyl groups excluding tert-OH is 1. The molecule has 10 nitrogen and oxygen atoms in total. The second-order valence-corrected chi connectivity index (χ2v) is 8.24. The highest BCUT2D eigenvalue weighted by Gasteiger charge is 2.48. The fraction of sp³-hybridized carbons (Fsp3) is 0.389. The van der Waals surface area contributed by atoms with Gasteiger partial charge in [0.15, 0.2) is 11.8 Å². The van der Waals surface area contributed by atoms with Gasteiger partial charge in [0, 0.05) is 5.56 Å². The summed E-state index contributed by atoms with van der Waals surface area (Å²) in [5.41, 5.74) is 1.62. The zero-order chi connectivity index (χ0) is 20.8. The molecule has 2 fully saturated rings. The number of carbonyl (C=O) groups is 1. The molecule has 3 aromatic rings. The number of hydrogen-bond acceptors (Lipinski definition) is 9. The molecule has 2 aliphatic rings. The van der Waals surface area contributed by atoms with E-state index in [1.165, 1.54) is 0 Å². The van der Waals surface area contributed by atoms with Crippen LogP contribution in [0.25, 0.3) is 11.2 Å². The average molecular weight is 454 g/mol. The topological polar surface area (TPSA) is 136 Å². The third-order valence-corrected chi connectivity index (χ3v) is 6.10. The van der Waals surface area contributed by atoms with Crippen LogP contribution in [0.1, 0.15) is 15.2 Å². The van der Waals surface area contributed by atoms with Crippen LogP contribution in [-0.2, 0) is 16.1 Å². The summed E-state index contributed by atoms with van der Waals surface area (Å²) in [6.45, 7) is 0.619. The molecule has 3 aromatic heterocycles. The van der Waals surface area contributed by atoms with E-state index in [-0.39, 0.29) is 47.7 Å². The molecule has 0 saturated carbocycles. The van der Waals surface area contributed by atoms with Crippen molar-refractivity contribution in [1.82, 2.24) is 15.0 Å². The lowest BCUT2D eigenvalue weighted by Crippen LogP contribution is -2.34. The smallest absolute Gasteiger partial charge is 0.345 e. The van der Waals surface area contributed by atoms with E-state index in [1.54, 1.807) is 17.5 Å². The molecule has 0 aliphatic carbocycles. The zero-order valence-corrected chi connectivity index (χ0v) is 16.9. The number of thiophene rings is 1. The lowest BCUT2D eigenvalue weighted by atomic mass is 10.1. The first-order valence-electron chi connectivity index (χ1n) is 9.05. The molecule has 3 N–H and O–H groups in total. The standard InChI is InChI=1S/C18H16ClN3O7S/c19-8-2-9-15(21-16(8)28-3-7-1-12(17(24)25)30-6-7)22-18(20-9)29-11-5-27-13-10(23)4-26-14(11)13/h1-2,6,10-11,13-14,23H,3-5H2,(H,24,25)(H,20,21,22)/t10-,11-,13-,14?/m1/s1. The maximum absolute atomic E-state index is 11.0. The summed E-state index contributed by atoms with van der Waals surface area (Å²) in [6, 6.07) is 3.40. The van der Waals surface area contributed by atoms with Crippen molar-refractivity contribution in [1.29, 1.82) is 0 Å². The highest BCUT2D eigenvalue weighted by Crippen LogP contribution is 2.31. The number of ether oxygens (including phenoxy) is 4. The number of aliphatic hydroxyl groups is 1. The van der Waals surface area contributed by atoms with Crippen LogP contribution in [0.15, 0.2) is 17.5 Å². The summed E-state index contributed by atoms with van der Waals surface area (Å²) >= 11 is 7.38. The Hall–Kier alpha value is -2.44. The Morgan fingerprint density at radius 3 is 2.93 bits per heavy atom. The van der Waals surface area contributed by atoms with Gasteiger partial charge < -0.3 is 34.1 Å². The molecule has 30 heavy (non-hydrogen) atoms. The lowest BCUT2D eigenvalue weighted by Gasteiger charge is -2.15. The molecule has 2 aliphatic heterocycles. The van der Waals surface area contributed by atoms with E-state index in [0.717, 1.165) is 11.3 Å². The number of hydrogen-bond donors (Lipinski definition) is 3. The molecule has 0 bridgehead atoms. The van der Waals surface area contributed by atoms with Gasteiger partial charge in [-0.3, -0.25) is 0 Å². The third kappa shape index (κ3) is 3.59. The van der Waals surface area contributed by atoms with Crippen molar-refractivity contribution in [2.75, 3.05) is 13.2 Å². The molecule has 2 saturated heterocycles. The van der Waals surface area contributed by atoms with E-state index in [0.29, 0.717) is 16.7 Å². The van der Waals surface area contributed by atoms with Gasteiger partial charge in [0.05, 0.1) is 18.7 Å². The summed E-state index contributed by atoms with van der Waals surface area (Å²) in [5, 5.41) is 20.8. The van der Waals surface area contributed by atoms with Gasteiger partial charge >= 0.3 is 5.97 Å². The number of aromatic carboxylic acids is 1. The average Bonchev–Trinajstić information content (AvgIpc) is 3.47. The van der Waals surface area contributed by atoms with E-state index >= 15 is 0 Å². The molecule has 0 amide bonds. The minimum Gasteiger partial charge on any atom is -0.477 e. The number of pyridine rings is 1. The van der Waals surface area contributed by atoms with Crippen LogP contribution in [0.3, 0.4) is 0 Å². The number of carboxylic acids is 1. The number of nitrogens with zero attached hydrogens (tertiary/aromatic N) is 2. The van der Waals surface area contributed by atoms with Crippen LogP contribution >= 0.6 is 22.9 Å². The molecule has 4 atom stereocenters. The highest BCUT2D eigenvalue weighted by atomic mass is 35.5. The van der Waals surface area contributed by atoms with E-state index < -0.39 is 24.3 Å². The lowest BCUT2D eigenvalue weighted by molar-refractivity contribution is 0.00706. The monoisotopic (exact) mass is 453 g/mol. The van der Waals surface area contributed by atoms with Gasteiger partial charge in [0.2, 0.25) is 5.88 Å². The predicted octanol–water partition coefficient (Wildman–Crippen LogP) is 1.86. The Bertz CT molecular complexity index is 1100. The van der Waals surface area contributed by atoms with Crippen LogP contribution < -0.4 is 9.47 Å². The first kappa shape index (κ1) is 19.5. The molecule has 5 heterocycles. The van der Waals surface area contributed by atoms with Crippen molar-refractivity contribution in [3.63, 3.8) is 0 Å². The quantitative estimate of drug-likeness (QED) is 0.510. The van der Waals surface area contributed by atoms with Gasteiger partial charge in [-0.05, 0) is 17.5 Å². The van der Waals surface area contributed by atoms with Crippen molar-refractivity contribution < 1.29 is 34.0 Å². The number of aromatic nitrogens is 3. The van der Waals surface area contributed by atoms with Gasteiger partial charge in [0.25, 0.3) is 6.01 Å². The molecule has 12 heteroatoms. The Balaban J connectivity index is 1.30. The van der Waals surface area contributed by atoms with Crippen LogP contribution in [0.2, 0.25) is 5.02 Å². The summed E-state index contributed by atoms with van der Waals surface area (Å²) in [6.07, 6.45) is -1.81. The summed E-state index contributed by atoms with van der Waals surface area (Å²) in [4.78, 5) is 22.8. The molecule has 1 unspecified atom stereocenters. The number of halogens is 1. The van der Waals surface area contributed by atoms with Gasteiger partial charge in [-0.1, -0.05) is 11.6 Å². The molecule has 5 rings (SSSR count). The van der Waals surface area contributed by atoms with Crippen LogP contribution in [-0.4, -0.2) is 68.8 Å². The van der Waals surface area contributed by atoms with Crippen molar-refractivity contribution in [3.8, 4) is 11.9 Å². The maximum Gasteiger partial charge on any atom is 0.345 e. The molecule has 0 radical (unpaired) electrons. The second kappa shape index (κ2) is 7.67. The maximum atomic E-state index is 11.0. The number of aromatic amines is 1. The van der Waals surface area contributed by atoms with Crippen molar-refractivity contribution in [2.45, 2.75) is 31.0 Å². The number of H-pyrrole nitrogens is 1. The first-order valence-corrected chi connectivity index (χ1v) is 10.3. The molecule has 0 spiro atoms. The fourth-order valence-corrected chi connectivity index (χ4v) is 4.38. The van der Waals surface area contributed by atoms with Crippen LogP contribution in [0, 0.1) is 0 Å². The van der Waals surface area contributed by atoms with Crippen molar-refractivity contribution in [2.24, 2.45) is 0 Å². The Morgan fingerprint density at radius 1 is 1.30 bits per heavy atom. The number of carboxylic acid groups (broad SMARTS) is 1. The predicted molar refractivity (Wildman–Crippen MR) is 104 cm³/mol. The zero-order valence-electron chi connectivity index (χ0n) is 15.3. The Labute approximate surface area is 178 Å².